The number of H-pyrrole nitrogens is 1. The minimum Gasteiger partial charge on any atom is -0.322 e. The lowest BCUT2D eigenvalue weighted by Gasteiger charge is -2.33. The molecule has 2 aromatic carbocycles. The van der Waals surface area contributed by atoms with Crippen LogP contribution in [0.4, 0.5) is 0 Å². The number of aromatic nitrogens is 6. The number of pyridine rings is 2. The zero-order valence-electron chi connectivity index (χ0n) is 22.3. The lowest BCUT2D eigenvalue weighted by molar-refractivity contribution is 0.126. The van der Waals surface area contributed by atoms with Crippen LogP contribution in [0.3, 0.4) is 0 Å². The summed E-state index contributed by atoms with van der Waals surface area (Å²) in [6.45, 7) is 10.1. The standard InChI is InChI=1S/C30H33N7O/c1-20(2)28(29-33-34-35-37(29)18-23-9-6-5-7-10-23)36(17-24-11-8-12-31-16-24)19-25-15-26-22(4)13-21(3)14-27(26)32-30(25)38/h5-16,20,28H,17-19H2,1-4H3,(H,32,38)/t28-/m1/s1. The smallest absolute Gasteiger partial charge is 0.252 e. The first-order valence-corrected chi connectivity index (χ1v) is 12.9. The van der Waals surface area contributed by atoms with Gasteiger partial charge in [-0.3, -0.25) is 14.7 Å². The van der Waals surface area contributed by atoms with E-state index in [9.17, 15) is 4.79 Å². The van der Waals surface area contributed by atoms with E-state index in [4.69, 9.17) is 0 Å². The molecule has 0 bridgehead atoms. The van der Waals surface area contributed by atoms with Crippen molar-refractivity contribution >= 4 is 10.9 Å². The van der Waals surface area contributed by atoms with Crippen molar-refractivity contribution in [1.82, 2.24) is 35.1 Å². The van der Waals surface area contributed by atoms with Crippen LogP contribution in [0.5, 0.6) is 0 Å². The molecular formula is C30H33N7O. The van der Waals surface area contributed by atoms with Gasteiger partial charge in [-0.15, -0.1) is 5.10 Å². The predicted molar refractivity (Wildman–Crippen MR) is 148 cm³/mol. The van der Waals surface area contributed by atoms with Crippen molar-refractivity contribution in [1.29, 1.82) is 0 Å². The maximum absolute atomic E-state index is 13.3. The van der Waals surface area contributed by atoms with Crippen LogP contribution in [0, 0.1) is 19.8 Å². The molecule has 0 fully saturated rings. The highest BCUT2D eigenvalue weighted by molar-refractivity contribution is 5.83. The molecule has 0 saturated heterocycles. The zero-order chi connectivity index (χ0) is 26.6. The Bertz CT molecular complexity index is 1580. The zero-order valence-corrected chi connectivity index (χ0v) is 22.3. The van der Waals surface area contributed by atoms with Crippen LogP contribution in [0.15, 0.2) is 77.9 Å². The SMILES string of the molecule is Cc1cc(C)c2cc(CN(Cc3cccnc3)[C@@H](c3nnnn3Cc3ccccc3)C(C)C)c(=O)[nH]c2c1. The van der Waals surface area contributed by atoms with E-state index >= 15 is 0 Å². The minimum absolute atomic E-state index is 0.0786. The van der Waals surface area contributed by atoms with Crippen molar-refractivity contribution in [2.45, 2.75) is 53.4 Å². The van der Waals surface area contributed by atoms with Crippen LogP contribution >= 0.6 is 0 Å². The lowest BCUT2D eigenvalue weighted by atomic mass is 9.99. The highest BCUT2D eigenvalue weighted by Gasteiger charge is 2.30. The first kappa shape index (κ1) is 25.5. The molecule has 0 aliphatic carbocycles. The van der Waals surface area contributed by atoms with E-state index in [0.717, 1.165) is 39.0 Å². The maximum atomic E-state index is 13.3. The summed E-state index contributed by atoms with van der Waals surface area (Å²) in [6, 6.07) is 20.2. The van der Waals surface area contributed by atoms with E-state index < -0.39 is 0 Å². The lowest BCUT2D eigenvalue weighted by Crippen LogP contribution is -2.35. The molecule has 0 spiro atoms. The first-order chi connectivity index (χ1) is 18.4. The Morgan fingerprint density at radius 3 is 2.50 bits per heavy atom. The second-order valence-electron chi connectivity index (χ2n) is 10.3. The molecule has 3 heterocycles. The number of nitrogens with one attached hydrogen (secondary N) is 1. The number of hydrogen-bond acceptors (Lipinski definition) is 6. The van der Waals surface area contributed by atoms with Gasteiger partial charge in [0.15, 0.2) is 5.82 Å². The molecule has 5 rings (SSSR count). The van der Waals surface area contributed by atoms with Crippen molar-refractivity contribution in [3.63, 3.8) is 0 Å². The summed E-state index contributed by atoms with van der Waals surface area (Å²) in [6.07, 6.45) is 3.64. The van der Waals surface area contributed by atoms with E-state index in [0.29, 0.717) is 25.2 Å². The molecule has 1 atom stereocenters. The third-order valence-corrected chi connectivity index (χ3v) is 6.90. The van der Waals surface area contributed by atoms with Crippen molar-refractivity contribution < 1.29 is 0 Å². The van der Waals surface area contributed by atoms with Gasteiger partial charge in [0.1, 0.15) is 0 Å². The third kappa shape index (κ3) is 5.55. The number of aromatic amines is 1. The Morgan fingerprint density at radius 2 is 1.76 bits per heavy atom. The Hall–Kier alpha value is -4.17. The fraction of sp³-hybridized carbons (Fsp3) is 0.300. The number of benzene rings is 2. The van der Waals surface area contributed by atoms with Crippen molar-refractivity contribution in [3.05, 3.63) is 117 Å². The normalized spacial score (nSPS) is 12.5. The molecule has 3 aromatic heterocycles. The fourth-order valence-corrected chi connectivity index (χ4v) is 5.21. The van der Waals surface area contributed by atoms with E-state index in [1.54, 1.807) is 6.20 Å². The summed E-state index contributed by atoms with van der Waals surface area (Å²) in [4.78, 5) is 23.0. The summed E-state index contributed by atoms with van der Waals surface area (Å²) < 4.78 is 1.87. The minimum atomic E-state index is -0.136. The van der Waals surface area contributed by atoms with Gasteiger partial charge in [-0.1, -0.05) is 56.3 Å². The molecule has 1 N–H and O–H groups in total. The molecule has 0 saturated carbocycles. The van der Waals surface area contributed by atoms with E-state index in [1.165, 1.54) is 0 Å². The molecule has 5 aromatic rings. The van der Waals surface area contributed by atoms with E-state index in [1.807, 2.05) is 54.2 Å². The highest BCUT2D eigenvalue weighted by Crippen LogP contribution is 2.30. The van der Waals surface area contributed by atoms with Crippen molar-refractivity contribution in [3.8, 4) is 0 Å². The summed E-state index contributed by atoms with van der Waals surface area (Å²) >= 11 is 0. The number of fused-ring (bicyclic) bond motifs is 1. The number of tetrazole rings is 1. The third-order valence-electron chi connectivity index (χ3n) is 6.90. The van der Waals surface area contributed by atoms with Crippen LogP contribution in [0.2, 0.25) is 0 Å². The van der Waals surface area contributed by atoms with E-state index in [2.05, 4.69) is 75.4 Å². The molecule has 0 unspecified atom stereocenters. The molecular weight excluding hydrogens is 474 g/mol. The second kappa shape index (κ2) is 11.1. The molecule has 0 aliphatic heterocycles. The molecule has 8 heteroatoms. The van der Waals surface area contributed by atoms with Gasteiger partial charge < -0.3 is 4.98 Å². The topological polar surface area (TPSA) is 92.6 Å². The van der Waals surface area contributed by atoms with Crippen LogP contribution in [0.25, 0.3) is 10.9 Å². The summed E-state index contributed by atoms with van der Waals surface area (Å²) in [7, 11) is 0. The summed E-state index contributed by atoms with van der Waals surface area (Å²) in [5, 5.41) is 13.9. The molecule has 38 heavy (non-hydrogen) atoms. The summed E-state index contributed by atoms with van der Waals surface area (Å²) in [5.41, 5.74) is 5.95. The van der Waals surface area contributed by atoms with Crippen LogP contribution in [-0.4, -0.2) is 35.1 Å². The van der Waals surface area contributed by atoms with Crippen molar-refractivity contribution in [2.75, 3.05) is 0 Å². The number of aryl methyl sites for hydroxylation is 2. The van der Waals surface area contributed by atoms with Crippen LogP contribution < -0.4 is 5.56 Å². The number of hydrogen-bond donors (Lipinski definition) is 1. The van der Waals surface area contributed by atoms with Gasteiger partial charge in [-0.2, -0.15) is 0 Å². The van der Waals surface area contributed by atoms with Gasteiger partial charge in [0, 0.05) is 41.9 Å². The van der Waals surface area contributed by atoms with E-state index in [-0.39, 0.29) is 17.5 Å². The van der Waals surface area contributed by atoms with Gasteiger partial charge >= 0.3 is 0 Å². The first-order valence-electron chi connectivity index (χ1n) is 12.9. The second-order valence-corrected chi connectivity index (χ2v) is 10.3. The largest absolute Gasteiger partial charge is 0.322 e. The monoisotopic (exact) mass is 507 g/mol. The number of rotatable bonds is 9. The fourth-order valence-electron chi connectivity index (χ4n) is 5.21. The Morgan fingerprint density at radius 1 is 0.974 bits per heavy atom. The maximum Gasteiger partial charge on any atom is 0.252 e. The Balaban J connectivity index is 1.56. The molecule has 0 amide bonds. The van der Waals surface area contributed by atoms with Gasteiger partial charge in [0.05, 0.1) is 12.6 Å². The highest BCUT2D eigenvalue weighted by atomic mass is 16.1. The quantitative estimate of drug-likeness (QED) is 0.303. The molecule has 0 aliphatic rings. The van der Waals surface area contributed by atoms with Gasteiger partial charge in [-0.25, -0.2) is 4.68 Å². The van der Waals surface area contributed by atoms with Gasteiger partial charge in [0.2, 0.25) is 0 Å². The molecule has 8 nitrogen and oxygen atoms in total. The average molecular weight is 508 g/mol. The Labute approximate surface area is 222 Å². The Kier molecular flexibility index (Phi) is 7.42. The van der Waals surface area contributed by atoms with Gasteiger partial charge in [0.25, 0.3) is 5.56 Å². The van der Waals surface area contributed by atoms with Crippen LogP contribution in [0.1, 0.15) is 53.5 Å². The predicted octanol–water partition coefficient (Wildman–Crippen LogP) is 4.97. The number of nitrogens with zero attached hydrogens (tertiary/aromatic N) is 6. The van der Waals surface area contributed by atoms with Crippen molar-refractivity contribution in [2.24, 2.45) is 5.92 Å². The van der Waals surface area contributed by atoms with Crippen LogP contribution in [-0.2, 0) is 19.6 Å². The average Bonchev–Trinajstić information content (AvgIpc) is 3.33. The molecule has 0 radical (unpaired) electrons. The van der Waals surface area contributed by atoms with Gasteiger partial charge in [-0.05, 0) is 70.6 Å². The summed E-state index contributed by atoms with van der Waals surface area (Å²) in [5.74, 6) is 0.952. The molecule has 194 valence electrons.